The van der Waals surface area contributed by atoms with Crippen LogP contribution in [0, 0.1) is 18.3 Å². The molecule has 11 heteroatoms. The molecule has 0 spiro atoms. The number of thioether (sulfide) groups is 1. The van der Waals surface area contributed by atoms with Crippen molar-refractivity contribution in [3.63, 3.8) is 0 Å². The summed E-state index contributed by atoms with van der Waals surface area (Å²) in [5.41, 5.74) is 0.214. The number of ether oxygens (including phenoxy) is 2. The summed E-state index contributed by atoms with van der Waals surface area (Å²) in [5, 5.41) is 20.7. The molecule has 2 aromatic carbocycles. The van der Waals surface area contributed by atoms with Gasteiger partial charge in [-0.1, -0.05) is 48.2 Å². The number of Topliss-reactive ketones (excluding diaryl/α,β-unsaturated/α-hetero) is 1. The molecule has 1 N–H and O–H groups in total. The number of aromatic hydroxyl groups is 1. The molecule has 0 unspecified atom stereocenters. The van der Waals surface area contributed by atoms with E-state index in [0.29, 0.717) is 22.0 Å². The first-order valence-corrected chi connectivity index (χ1v) is 12.8. The van der Waals surface area contributed by atoms with Crippen molar-refractivity contribution in [1.82, 2.24) is 9.47 Å². The van der Waals surface area contributed by atoms with Crippen LogP contribution in [0.2, 0.25) is 0 Å². The lowest BCUT2D eigenvalue weighted by atomic mass is 10.0. The quantitative estimate of drug-likeness (QED) is 0.248. The maximum absolute atomic E-state index is 13.4. The first-order valence-electron chi connectivity index (χ1n) is 11.6. The van der Waals surface area contributed by atoms with Crippen LogP contribution < -0.4 is 15.0 Å². The van der Waals surface area contributed by atoms with Crippen LogP contribution in [0.25, 0.3) is 6.08 Å². The topological polar surface area (TPSA) is 122 Å². The van der Waals surface area contributed by atoms with Crippen molar-refractivity contribution in [1.29, 1.82) is 5.26 Å². The van der Waals surface area contributed by atoms with Crippen molar-refractivity contribution in [2.75, 3.05) is 20.8 Å². The molecule has 0 atom stereocenters. The van der Waals surface area contributed by atoms with Gasteiger partial charge in [0.2, 0.25) is 5.88 Å². The highest BCUT2D eigenvalue weighted by Crippen LogP contribution is 2.33. The summed E-state index contributed by atoms with van der Waals surface area (Å²) in [5.74, 6) is -0.426. The summed E-state index contributed by atoms with van der Waals surface area (Å²) in [6.45, 7) is 0.860. The van der Waals surface area contributed by atoms with E-state index in [0.717, 1.165) is 26.8 Å². The van der Waals surface area contributed by atoms with Gasteiger partial charge in [0, 0.05) is 0 Å². The van der Waals surface area contributed by atoms with E-state index in [9.17, 15) is 24.8 Å². The van der Waals surface area contributed by atoms with Crippen molar-refractivity contribution >= 4 is 46.1 Å². The molecule has 1 fully saturated rings. The Bertz CT molecular complexity index is 1600. The molecule has 1 saturated heterocycles. The Balaban J connectivity index is 1.64. The van der Waals surface area contributed by atoms with Crippen molar-refractivity contribution in [2.24, 2.45) is 0 Å². The number of pyridine rings is 1. The zero-order valence-corrected chi connectivity index (χ0v) is 22.9. The second kappa shape index (κ2) is 11.6. The van der Waals surface area contributed by atoms with Gasteiger partial charge in [0.25, 0.3) is 11.5 Å². The van der Waals surface area contributed by atoms with Crippen LogP contribution in [0.3, 0.4) is 0 Å². The minimum atomic E-state index is -0.729. The summed E-state index contributed by atoms with van der Waals surface area (Å²) >= 11 is 6.42. The van der Waals surface area contributed by atoms with Gasteiger partial charge in [-0.25, -0.2) is 0 Å². The number of methoxy groups -OCH3 is 2. The number of hydrogen-bond donors (Lipinski definition) is 1. The van der Waals surface area contributed by atoms with Gasteiger partial charge >= 0.3 is 0 Å². The van der Waals surface area contributed by atoms with Gasteiger partial charge in [-0.2, -0.15) is 5.26 Å². The number of rotatable bonds is 8. The molecule has 198 valence electrons. The van der Waals surface area contributed by atoms with Crippen LogP contribution in [0.1, 0.15) is 32.6 Å². The van der Waals surface area contributed by atoms with E-state index in [1.807, 2.05) is 6.07 Å². The maximum Gasteiger partial charge on any atom is 0.271 e. The molecule has 2 heterocycles. The van der Waals surface area contributed by atoms with Crippen molar-refractivity contribution in [3.05, 3.63) is 91.6 Å². The van der Waals surface area contributed by atoms with Crippen molar-refractivity contribution in [3.8, 4) is 23.4 Å². The number of benzene rings is 2. The average Bonchev–Trinajstić information content (AvgIpc) is 3.19. The molecule has 1 amide bonds. The lowest BCUT2D eigenvalue weighted by Crippen LogP contribution is -2.35. The molecule has 0 bridgehead atoms. The maximum atomic E-state index is 13.4. The summed E-state index contributed by atoms with van der Waals surface area (Å²) in [6.07, 6.45) is 1.66. The third kappa shape index (κ3) is 5.57. The molecule has 39 heavy (non-hydrogen) atoms. The minimum absolute atomic E-state index is 0.0372. The fourth-order valence-electron chi connectivity index (χ4n) is 4.06. The normalized spacial score (nSPS) is 14.0. The highest BCUT2D eigenvalue weighted by atomic mass is 32.2. The van der Waals surface area contributed by atoms with E-state index < -0.39 is 29.7 Å². The summed E-state index contributed by atoms with van der Waals surface area (Å²) in [4.78, 5) is 41.0. The van der Waals surface area contributed by atoms with Gasteiger partial charge in [0.1, 0.15) is 27.5 Å². The Labute approximate surface area is 233 Å². The monoisotopic (exact) mass is 561 g/mol. The largest absolute Gasteiger partial charge is 0.497 e. The molecule has 0 radical (unpaired) electrons. The van der Waals surface area contributed by atoms with E-state index >= 15 is 0 Å². The molecule has 1 aromatic heterocycles. The van der Waals surface area contributed by atoms with Crippen LogP contribution in [0.4, 0.5) is 0 Å². The third-order valence-electron chi connectivity index (χ3n) is 6.17. The van der Waals surface area contributed by atoms with E-state index in [1.165, 1.54) is 14.0 Å². The smallest absolute Gasteiger partial charge is 0.271 e. The van der Waals surface area contributed by atoms with Crippen LogP contribution in [0.5, 0.6) is 17.4 Å². The number of ketones is 1. The van der Waals surface area contributed by atoms with E-state index in [1.54, 1.807) is 61.7 Å². The van der Waals surface area contributed by atoms with Crippen LogP contribution in [-0.4, -0.2) is 51.3 Å². The summed E-state index contributed by atoms with van der Waals surface area (Å²) in [7, 11) is 3.08. The number of aromatic nitrogens is 1. The minimum Gasteiger partial charge on any atom is -0.497 e. The van der Waals surface area contributed by atoms with Gasteiger partial charge < -0.3 is 14.6 Å². The number of hydrogen-bond acceptors (Lipinski definition) is 9. The van der Waals surface area contributed by atoms with Gasteiger partial charge in [0.05, 0.1) is 37.8 Å². The van der Waals surface area contributed by atoms with Gasteiger partial charge in [0.15, 0.2) is 5.78 Å². The van der Waals surface area contributed by atoms with Crippen molar-refractivity contribution < 1.29 is 24.2 Å². The fourth-order valence-corrected chi connectivity index (χ4v) is 5.31. The van der Waals surface area contributed by atoms with Gasteiger partial charge in [-0.3, -0.25) is 23.9 Å². The molecular formula is C28H23N3O6S2. The molecule has 0 aliphatic carbocycles. The lowest BCUT2D eigenvalue weighted by molar-refractivity contribution is -0.121. The van der Waals surface area contributed by atoms with Crippen LogP contribution in [0.15, 0.2) is 58.2 Å². The van der Waals surface area contributed by atoms with E-state index in [2.05, 4.69) is 0 Å². The molecule has 9 nitrogen and oxygen atoms in total. The molecule has 3 aromatic rings. The Morgan fingerprint density at radius 1 is 1.08 bits per heavy atom. The van der Waals surface area contributed by atoms with Gasteiger partial charge in [-0.05, 0) is 54.0 Å². The standard InChI is InChI=1S/C28H23N3O6S2/c1-16-21(13-29)25(33)30(14-18-6-10-20(37-3)11-7-18)27(35)24(16)22(32)15-31-26(34)23(39-28(31)38)12-17-4-8-19(36-2)9-5-17/h4-12,35H,14-15H2,1-3H3/b23-12-. The van der Waals surface area contributed by atoms with Crippen molar-refractivity contribution in [2.45, 2.75) is 13.5 Å². The predicted molar refractivity (Wildman–Crippen MR) is 151 cm³/mol. The second-order valence-electron chi connectivity index (χ2n) is 8.51. The Hall–Kier alpha value is -4.40. The summed E-state index contributed by atoms with van der Waals surface area (Å²) < 4.78 is 11.4. The summed E-state index contributed by atoms with van der Waals surface area (Å²) in [6, 6.07) is 15.7. The zero-order chi connectivity index (χ0) is 28.3. The third-order valence-corrected chi connectivity index (χ3v) is 7.55. The molecule has 0 saturated carbocycles. The molecule has 1 aliphatic rings. The Morgan fingerprint density at radius 2 is 1.67 bits per heavy atom. The molecular weight excluding hydrogens is 538 g/mol. The van der Waals surface area contributed by atoms with E-state index in [-0.39, 0.29) is 27.6 Å². The fraction of sp³-hybridized carbons (Fsp3) is 0.179. The van der Waals surface area contributed by atoms with Crippen LogP contribution >= 0.6 is 24.0 Å². The molecule has 4 rings (SSSR count). The molecule has 1 aliphatic heterocycles. The highest BCUT2D eigenvalue weighted by molar-refractivity contribution is 8.26. The first-order chi connectivity index (χ1) is 18.7. The number of carbonyl (C=O) groups excluding carboxylic acids is 2. The Morgan fingerprint density at radius 3 is 2.23 bits per heavy atom. The number of nitrogens with zero attached hydrogens (tertiary/aromatic N) is 3. The predicted octanol–water partition coefficient (Wildman–Crippen LogP) is 3.88. The average molecular weight is 562 g/mol. The van der Waals surface area contributed by atoms with Gasteiger partial charge in [-0.15, -0.1) is 0 Å². The second-order valence-corrected chi connectivity index (χ2v) is 10.2. The SMILES string of the molecule is COc1ccc(/C=C2\SC(=S)N(CC(=O)c3c(C)c(C#N)c(=O)n(Cc4ccc(OC)cc4)c3O)C2=O)cc1. The first kappa shape index (κ1) is 27.6. The lowest BCUT2D eigenvalue weighted by Gasteiger charge is -2.18. The van der Waals surface area contributed by atoms with E-state index in [4.69, 9.17) is 21.7 Å². The highest BCUT2D eigenvalue weighted by Gasteiger charge is 2.35. The Kier molecular flexibility index (Phi) is 8.18. The van der Waals surface area contributed by atoms with Crippen LogP contribution in [-0.2, 0) is 11.3 Å². The number of thiocarbonyl (C=S) groups is 1. The zero-order valence-electron chi connectivity index (χ0n) is 21.3. The number of amides is 1. The number of nitriles is 1. The number of carbonyl (C=O) groups is 2.